The molecule has 3 heteroatoms. The van der Waals surface area contributed by atoms with Crippen LogP contribution in [0.5, 0.6) is 0 Å². The molecule has 0 aliphatic carbocycles. The molecule has 21 heavy (non-hydrogen) atoms. The fourth-order valence-corrected chi connectivity index (χ4v) is 2.59. The standard InChI is InChI=1S/C18H27FO2/c1-3-5-7-9-15-11-14(13-17(20)21)12-16(18(15)19)10-8-6-4-2/h11-12H,3-10,13H2,1-2H3,(H,20,21). The highest BCUT2D eigenvalue weighted by Crippen LogP contribution is 2.21. The maximum absolute atomic E-state index is 14.5. The van der Waals surface area contributed by atoms with Crippen molar-refractivity contribution in [2.24, 2.45) is 0 Å². The van der Waals surface area contributed by atoms with Crippen molar-refractivity contribution in [1.82, 2.24) is 0 Å². The SMILES string of the molecule is CCCCCc1cc(CC(=O)O)cc(CCCCC)c1F. The van der Waals surface area contributed by atoms with Gasteiger partial charge >= 0.3 is 5.97 Å². The first-order chi connectivity index (χ1) is 10.1. The molecule has 2 nitrogen and oxygen atoms in total. The summed E-state index contributed by atoms with van der Waals surface area (Å²) < 4.78 is 14.5. The molecule has 0 amide bonds. The van der Waals surface area contributed by atoms with Gasteiger partial charge in [0.1, 0.15) is 5.82 Å². The number of unbranched alkanes of at least 4 members (excludes halogenated alkanes) is 4. The summed E-state index contributed by atoms with van der Waals surface area (Å²) in [6.07, 6.45) is 7.64. The topological polar surface area (TPSA) is 37.3 Å². The number of halogens is 1. The quantitative estimate of drug-likeness (QED) is 0.622. The molecule has 0 bridgehead atoms. The number of aliphatic carboxylic acids is 1. The number of hydrogen-bond donors (Lipinski definition) is 1. The lowest BCUT2D eigenvalue weighted by atomic mass is 9.96. The van der Waals surface area contributed by atoms with Gasteiger partial charge in [0.25, 0.3) is 0 Å². The van der Waals surface area contributed by atoms with Crippen LogP contribution < -0.4 is 0 Å². The van der Waals surface area contributed by atoms with E-state index >= 15 is 0 Å². The van der Waals surface area contributed by atoms with Crippen LogP contribution in [0, 0.1) is 5.82 Å². The first-order valence-electron chi connectivity index (χ1n) is 8.10. The maximum Gasteiger partial charge on any atom is 0.307 e. The van der Waals surface area contributed by atoms with Gasteiger partial charge in [0.2, 0.25) is 0 Å². The smallest absolute Gasteiger partial charge is 0.307 e. The first kappa shape index (κ1) is 17.7. The molecule has 0 saturated carbocycles. The average Bonchev–Trinajstić information content (AvgIpc) is 2.43. The Hall–Kier alpha value is -1.38. The minimum absolute atomic E-state index is 0.0260. The number of rotatable bonds is 10. The maximum atomic E-state index is 14.5. The molecule has 0 spiro atoms. The summed E-state index contributed by atoms with van der Waals surface area (Å²) in [5.41, 5.74) is 2.10. The molecule has 0 heterocycles. The van der Waals surface area contributed by atoms with Gasteiger partial charge < -0.3 is 5.11 Å². The van der Waals surface area contributed by atoms with Crippen molar-refractivity contribution in [3.05, 3.63) is 34.6 Å². The number of aryl methyl sites for hydroxylation is 2. The van der Waals surface area contributed by atoms with Crippen molar-refractivity contribution in [2.45, 2.75) is 71.6 Å². The summed E-state index contributed by atoms with van der Waals surface area (Å²) >= 11 is 0. The van der Waals surface area contributed by atoms with Crippen LogP contribution in [0.4, 0.5) is 4.39 Å². The van der Waals surface area contributed by atoms with Gasteiger partial charge in [-0.1, -0.05) is 51.7 Å². The lowest BCUT2D eigenvalue weighted by molar-refractivity contribution is -0.136. The van der Waals surface area contributed by atoms with Crippen molar-refractivity contribution in [3.8, 4) is 0 Å². The monoisotopic (exact) mass is 294 g/mol. The molecular weight excluding hydrogens is 267 g/mol. The van der Waals surface area contributed by atoms with Crippen LogP contribution in [0.1, 0.15) is 69.1 Å². The van der Waals surface area contributed by atoms with Crippen LogP contribution in [-0.2, 0) is 24.1 Å². The van der Waals surface area contributed by atoms with Gasteiger partial charge in [-0.25, -0.2) is 4.39 Å². The number of hydrogen-bond acceptors (Lipinski definition) is 1. The van der Waals surface area contributed by atoms with E-state index in [1.807, 2.05) is 0 Å². The molecule has 0 radical (unpaired) electrons. The fourth-order valence-electron chi connectivity index (χ4n) is 2.59. The molecule has 118 valence electrons. The van der Waals surface area contributed by atoms with Crippen LogP contribution in [0.3, 0.4) is 0 Å². The molecule has 1 aromatic rings. The van der Waals surface area contributed by atoms with Crippen molar-refractivity contribution in [2.75, 3.05) is 0 Å². The number of carboxylic acids is 1. The second-order valence-corrected chi connectivity index (χ2v) is 5.71. The van der Waals surface area contributed by atoms with Crippen LogP contribution in [0.25, 0.3) is 0 Å². The van der Waals surface area contributed by atoms with Crippen LogP contribution in [-0.4, -0.2) is 11.1 Å². The van der Waals surface area contributed by atoms with E-state index in [1.165, 1.54) is 0 Å². The van der Waals surface area contributed by atoms with Crippen LogP contribution in [0.2, 0.25) is 0 Å². The summed E-state index contributed by atoms with van der Waals surface area (Å²) in [7, 11) is 0. The third kappa shape index (κ3) is 6.28. The van der Waals surface area contributed by atoms with E-state index in [9.17, 15) is 9.18 Å². The normalized spacial score (nSPS) is 10.8. The van der Waals surface area contributed by atoms with E-state index in [-0.39, 0.29) is 12.2 Å². The Morgan fingerprint density at radius 1 is 1.00 bits per heavy atom. The zero-order chi connectivity index (χ0) is 15.7. The minimum Gasteiger partial charge on any atom is -0.481 e. The molecule has 0 aliphatic heterocycles. The Morgan fingerprint density at radius 2 is 1.48 bits per heavy atom. The zero-order valence-electron chi connectivity index (χ0n) is 13.3. The summed E-state index contributed by atoms with van der Waals surface area (Å²) in [5, 5.41) is 8.95. The van der Waals surface area contributed by atoms with Gasteiger partial charge in [0.05, 0.1) is 6.42 Å². The largest absolute Gasteiger partial charge is 0.481 e. The fraction of sp³-hybridized carbons (Fsp3) is 0.611. The van der Waals surface area contributed by atoms with Gasteiger partial charge in [-0.3, -0.25) is 4.79 Å². The van der Waals surface area contributed by atoms with Gasteiger partial charge in [-0.15, -0.1) is 0 Å². The van der Waals surface area contributed by atoms with E-state index in [1.54, 1.807) is 12.1 Å². The Labute approximate surface area is 127 Å². The molecule has 0 aromatic heterocycles. The van der Waals surface area contributed by atoms with E-state index in [4.69, 9.17) is 5.11 Å². The molecule has 0 aliphatic rings. The zero-order valence-corrected chi connectivity index (χ0v) is 13.3. The van der Waals surface area contributed by atoms with Gasteiger partial charge in [0, 0.05) is 0 Å². The Bertz CT molecular complexity index is 424. The Morgan fingerprint density at radius 3 is 1.86 bits per heavy atom. The minimum atomic E-state index is -0.861. The highest BCUT2D eigenvalue weighted by Gasteiger charge is 2.12. The second kappa shape index (κ2) is 9.54. The van der Waals surface area contributed by atoms with Crippen LogP contribution in [0.15, 0.2) is 12.1 Å². The number of benzene rings is 1. The first-order valence-corrected chi connectivity index (χ1v) is 8.10. The van der Waals surface area contributed by atoms with Gasteiger partial charge in [-0.2, -0.15) is 0 Å². The third-order valence-corrected chi connectivity index (χ3v) is 3.74. The third-order valence-electron chi connectivity index (χ3n) is 3.74. The Kier molecular flexibility index (Phi) is 8.03. The van der Waals surface area contributed by atoms with Crippen molar-refractivity contribution in [3.63, 3.8) is 0 Å². The van der Waals surface area contributed by atoms with E-state index in [2.05, 4.69) is 13.8 Å². The van der Waals surface area contributed by atoms with Gasteiger partial charge in [0.15, 0.2) is 0 Å². The molecule has 0 atom stereocenters. The number of carbonyl (C=O) groups is 1. The molecule has 0 fully saturated rings. The van der Waals surface area contributed by atoms with E-state index < -0.39 is 5.97 Å². The molecule has 0 unspecified atom stereocenters. The summed E-state index contributed by atoms with van der Waals surface area (Å²) in [6, 6.07) is 3.48. The summed E-state index contributed by atoms with van der Waals surface area (Å²) in [6.45, 7) is 4.24. The van der Waals surface area contributed by atoms with Crippen molar-refractivity contribution in [1.29, 1.82) is 0 Å². The average molecular weight is 294 g/mol. The van der Waals surface area contributed by atoms with Crippen molar-refractivity contribution >= 4 is 5.97 Å². The summed E-state index contributed by atoms with van der Waals surface area (Å²) in [5.74, 6) is -0.975. The predicted molar refractivity (Wildman–Crippen MR) is 84.2 cm³/mol. The lowest BCUT2D eigenvalue weighted by Crippen LogP contribution is -2.05. The lowest BCUT2D eigenvalue weighted by Gasteiger charge is -2.11. The van der Waals surface area contributed by atoms with Crippen LogP contribution >= 0.6 is 0 Å². The van der Waals surface area contributed by atoms with E-state index in [0.29, 0.717) is 24.0 Å². The highest BCUT2D eigenvalue weighted by atomic mass is 19.1. The van der Waals surface area contributed by atoms with E-state index in [0.717, 1.165) is 44.1 Å². The molecular formula is C18H27FO2. The summed E-state index contributed by atoms with van der Waals surface area (Å²) in [4.78, 5) is 10.9. The van der Waals surface area contributed by atoms with Crippen molar-refractivity contribution < 1.29 is 14.3 Å². The Balaban J connectivity index is 2.91. The van der Waals surface area contributed by atoms with Gasteiger partial charge in [-0.05, 0) is 42.4 Å². The second-order valence-electron chi connectivity index (χ2n) is 5.71. The predicted octanol–water partition coefficient (Wildman–Crippen LogP) is 4.92. The highest BCUT2D eigenvalue weighted by molar-refractivity contribution is 5.70. The molecule has 1 N–H and O–H groups in total. The molecule has 1 rings (SSSR count). The molecule has 1 aromatic carbocycles. The molecule has 0 saturated heterocycles. The number of carboxylic acid groups (broad SMARTS) is 1.